The van der Waals surface area contributed by atoms with E-state index in [1.807, 2.05) is 72.9 Å². The SMILES string of the molecule is C/C=C\C=C/CC1(c2ccccc2)c2c(sc3c2C(c2ccccc2)(c2ccccc2)c2c-3sc3cc(/C=C4\C(=O)c5ccccc5C4=C(C#N)C#N)sc23)-c2sc3cc(/C=C4\C(=O)c5ccccc5C4=C(C#N)C#N)sc3c21. The third-order valence-corrected chi connectivity index (χ3v) is 21.9. The van der Waals surface area contributed by atoms with Crippen molar-refractivity contribution < 1.29 is 9.59 Å². The van der Waals surface area contributed by atoms with Crippen LogP contribution in [0.1, 0.15) is 93.9 Å². The number of carbonyl (C=O) groups is 2. The summed E-state index contributed by atoms with van der Waals surface area (Å²) in [6.45, 7) is 2.03. The Kier molecular flexibility index (Phi) is 11.3. The molecule has 1 atom stereocenters. The summed E-state index contributed by atoms with van der Waals surface area (Å²) in [7, 11) is 0. The molecule has 0 N–H and O–H groups in total. The molecule has 79 heavy (non-hydrogen) atoms. The lowest BCUT2D eigenvalue weighted by molar-refractivity contribution is 0.103. The van der Waals surface area contributed by atoms with E-state index >= 15 is 0 Å². The minimum absolute atomic E-state index is 0.0917. The van der Waals surface area contributed by atoms with Gasteiger partial charge in [0.2, 0.25) is 0 Å². The molecule has 5 aromatic heterocycles. The molecule has 11 heteroatoms. The van der Waals surface area contributed by atoms with Gasteiger partial charge in [0, 0.05) is 63.7 Å². The highest BCUT2D eigenvalue weighted by Crippen LogP contribution is 2.73. The number of thiophene rings is 5. The number of rotatable bonds is 8. The largest absolute Gasteiger partial charge is 0.289 e. The number of carbonyl (C=O) groups excluding carboxylic acids is 2. The number of hydrogen-bond donors (Lipinski definition) is 0. The number of fused-ring (bicyclic) bond motifs is 13. The minimum atomic E-state index is -0.824. The van der Waals surface area contributed by atoms with Gasteiger partial charge in [0.05, 0.1) is 39.7 Å². The molecule has 4 aliphatic rings. The summed E-state index contributed by atoms with van der Waals surface area (Å²) in [5, 5.41) is 40.7. The standard InChI is InChI=1S/C68H36N4O2S5/c1-2-3-4-18-29-67(40-19-8-5-9-20-40)55-56-64(79-63(55)65-57(67)61-51(77-65)32-43(75-61)30-49-53(38(34-69)35-70)45-25-14-16-27-47(45)59(49)73)66-58(68(56,41-21-10-6-11-22-41)42-23-12-7-13-24-42)62-52(78-66)33-44(76-62)31-50-54(39(36-71)37-72)46-26-15-17-28-48(46)60(50)74/h2-28,30-33H,29H2,1H3/b3-2-,18-4-,49-30-,50-31-. The predicted octanol–water partition coefficient (Wildman–Crippen LogP) is 17.7. The lowest BCUT2D eigenvalue weighted by atomic mass is 9.62. The lowest BCUT2D eigenvalue weighted by Gasteiger charge is -2.38. The molecule has 0 spiro atoms. The number of nitriles is 4. The van der Waals surface area contributed by atoms with Crippen LogP contribution in [0.5, 0.6) is 0 Å². The Morgan fingerprint density at radius 3 is 1.37 bits per heavy atom. The summed E-state index contributed by atoms with van der Waals surface area (Å²) < 4.78 is 4.43. The summed E-state index contributed by atoms with van der Waals surface area (Å²) in [6.07, 6.45) is 13.0. The van der Waals surface area contributed by atoms with Crippen molar-refractivity contribution >= 4 is 110 Å². The molecule has 0 saturated heterocycles. The fraction of sp³-hybridized carbons (Fsp3) is 0.0588. The van der Waals surface area contributed by atoms with Crippen LogP contribution in [0.25, 0.3) is 61.6 Å². The Balaban J connectivity index is 1.04. The van der Waals surface area contributed by atoms with E-state index < -0.39 is 10.8 Å². The second kappa shape index (κ2) is 18.5. The van der Waals surface area contributed by atoms with Gasteiger partial charge in [-0.3, -0.25) is 9.59 Å². The maximum absolute atomic E-state index is 14.3. The van der Waals surface area contributed by atoms with Crippen molar-refractivity contribution in [2.45, 2.75) is 24.2 Å². The first-order chi connectivity index (χ1) is 38.8. The zero-order valence-corrected chi connectivity index (χ0v) is 45.8. The predicted molar refractivity (Wildman–Crippen MR) is 322 cm³/mol. The van der Waals surface area contributed by atoms with Crippen LogP contribution in [0.4, 0.5) is 0 Å². The van der Waals surface area contributed by atoms with Gasteiger partial charge in [-0.15, -0.1) is 56.7 Å². The summed E-state index contributed by atoms with van der Waals surface area (Å²) >= 11 is 8.73. The van der Waals surface area contributed by atoms with Crippen molar-refractivity contribution in [2.24, 2.45) is 0 Å². The van der Waals surface area contributed by atoms with Crippen LogP contribution in [0.3, 0.4) is 0 Å². The molecule has 1 unspecified atom stereocenters. The fourth-order valence-corrected chi connectivity index (χ4v) is 19.8. The molecule has 0 fully saturated rings. The Morgan fingerprint density at radius 2 is 0.886 bits per heavy atom. The lowest BCUT2D eigenvalue weighted by Crippen LogP contribution is -2.34. The Hall–Kier alpha value is -9.14. The molecule has 14 rings (SSSR count). The average Bonchev–Trinajstić information content (AvgIpc) is 2.90. The van der Waals surface area contributed by atoms with Gasteiger partial charge in [0.15, 0.2) is 11.6 Å². The summed E-state index contributed by atoms with van der Waals surface area (Å²) in [4.78, 5) is 35.1. The van der Waals surface area contributed by atoms with Gasteiger partial charge in [-0.05, 0) is 76.6 Å². The van der Waals surface area contributed by atoms with Crippen molar-refractivity contribution in [1.29, 1.82) is 21.0 Å². The Morgan fingerprint density at radius 1 is 0.468 bits per heavy atom. The van der Waals surface area contributed by atoms with E-state index in [1.54, 1.807) is 57.5 Å². The quantitative estimate of drug-likeness (QED) is 0.0846. The van der Waals surface area contributed by atoms with Gasteiger partial charge in [-0.2, -0.15) is 21.0 Å². The van der Waals surface area contributed by atoms with Gasteiger partial charge in [-0.1, -0.05) is 164 Å². The van der Waals surface area contributed by atoms with Crippen LogP contribution < -0.4 is 0 Å². The van der Waals surface area contributed by atoms with Crippen molar-refractivity contribution in [3.8, 4) is 43.8 Å². The van der Waals surface area contributed by atoms with Crippen LogP contribution >= 0.6 is 56.7 Å². The first-order valence-electron chi connectivity index (χ1n) is 25.4. The van der Waals surface area contributed by atoms with Crippen molar-refractivity contribution in [2.75, 3.05) is 0 Å². The molecule has 10 aromatic rings. The fourth-order valence-electron chi connectivity index (χ4n) is 12.6. The van der Waals surface area contributed by atoms with E-state index in [1.165, 1.54) is 41.8 Å². The van der Waals surface area contributed by atoms with Crippen LogP contribution in [0, 0.1) is 45.3 Å². The van der Waals surface area contributed by atoms with Gasteiger partial charge in [0.25, 0.3) is 0 Å². The van der Waals surface area contributed by atoms with Crippen LogP contribution in [0.15, 0.2) is 198 Å². The average molecular weight is 1100 g/mol. The number of allylic oxidation sites excluding steroid dienone is 10. The molecule has 0 aliphatic heterocycles. The minimum Gasteiger partial charge on any atom is -0.289 e. The second-order valence-corrected chi connectivity index (χ2v) is 24.8. The molecular formula is C68H36N4O2S5. The maximum atomic E-state index is 14.3. The number of hydrogen-bond acceptors (Lipinski definition) is 11. The normalized spacial score (nSPS) is 17.3. The van der Waals surface area contributed by atoms with Crippen molar-refractivity contribution in [1.82, 2.24) is 0 Å². The molecular weight excluding hydrogens is 1070 g/mol. The van der Waals surface area contributed by atoms with Gasteiger partial charge in [0.1, 0.15) is 35.4 Å². The van der Waals surface area contributed by atoms with Crippen molar-refractivity contribution in [3.63, 3.8) is 0 Å². The van der Waals surface area contributed by atoms with E-state index in [2.05, 4.69) is 146 Å². The topological polar surface area (TPSA) is 129 Å². The number of benzene rings is 5. The van der Waals surface area contributed by atoms with E-state index in [4.69, 9.17) is 0 Å². The zero-order chi connectivity index (χ0) is 53.7. The van der Waals surface area contributed by atoms with E-state index in [0.29, 0.717) is 51.0 Å². The van der Waals surface area contributed by atoms with Crippen LogP contribution in [0.2, 0.25) is 0 Å². The number of ketones is 2. The molecule has 0 amide bonds. The third-order valence-electron chi connectivity index (χ3n) is 15.7. The molecule has 4 aliphatic carbocycles. The molecule has 0 radical (unpaired) electrons. The highest BCUT2D eigenvalue weighted by molar-refractivity contribution is 7.34. The smallest absolute Gasteiger partial charge is 0.194 e. The summed E-state index contributed by atoms with van der Waals surface area (Å²) in [5.41, 5.74) is 10.2. The second-order valence-electron chi connectivity index (χ2n) is 19.5. The molecule has 370 valence electrons. The Labute approximate surface area is 474 Å². The third kappa shape index (κ3) is 6.73. The monoisotopic (exact) mass is 1100 g/mol. The van der Waals surface area contributed by atoms with Gasteiger partial charge >= 0.3 is 0 Å². The van der Waals surface area contributed by atoms with Crippen LogP contribution in [-0.4, -0.2) is 11.6 Å². The van der Waals surface area contributed by atoms with Crippen LogP contribution in [-0.2, 0) is 10.8 Å². The first kappa shape index (κ1) is 48.2. The molecule has 5 aromatic carbocycles. The zero-order valence-electron chi connectivity index (χ0n) is 41.8. The number of nitrogens with zero attached hydrogens (tertiary/aromatic N) is 4. The first-order valence-corrected chi connectivity index (χ1v) is 29.5. The Bertz CT molecular complexity index is 4660. The van der Waals surface area contributed by atoms with Gasteiger partial charge < -0.3 is 0 Å². The summed E-state index contributed by atoms with van der Waals surface area (Å²) in [5.74, 6) is -0.416. The van der Waals surface area contributed by atoms with E-state index in [-0.39, 0.29) is 22.7 Å². The molecule has 5 heterocycles. The number of Topliss-reactive ketones (excluding diaryl/α,β-unsaturated/α-hetero) is 2. The highest BCUT2D eigenvalue weighted by Gasteiger charge is 2.59. The van der Waals surface area contributed by atoms with E-state index in [9.17, 15) is 30.6 Å². The van der Waals surface area contributed by atoms with Crippen molar-refractivity contribution in [3.05, 3.63) is 269 Å². The molecule has 6 nitrogen and oxygen atoms in total. The summed E-state index contributed by atoms with van der Waals surface area (Å²) in [6, 6.07) is 59.7. The molecule has 0 saturated carbocycles. The van der Waals surface area contributed by atoms with Gasteiger partial charge in [-0.25, -0.2) is 0 Å². The highest BCUT2D eigenvalue weighted by atomic mass is 32.1. The molecule has 0 bridgehead atoms. The maximum Gasteiger partial charge on any atom is 0.194 e. The van der Waals surface area contributed by atoms with E-state index in [0.717, 1.165) is 45.2 Å².